The number of aromatic nitrogens is 1. The molecule has 0 atom stereocenters. The summed E-state index contributed by atoms with van der Waals surface area (Å²) in [7, 11) is 0. The maximum Gasteiger partial charge on any atom is 0.265 e. The Bertz CT molecular complexity index is 796. The minimum Gasteiger partial charge on any atom is -0.375 e. The highest BCUT2D eigenvalue weighted by molar-refractivity contribution is 5.97. The third-order valence-corrected chi connectivity index (χ3v) is 3.76. The molecule has 1 heterocycles. The zero-order valence-electron chi connectivity index (χ0n) is 12.7. The Morgan fingerprint density at radius 3 is 2.74 bits per heavy atom. The number of hydrogen-bond donors (Lipinski definition) is 2. The number of carbonyl (C=O) groups excluding carboxylic acids is 1. The first kappa shape index (κ1) is 15.3. The zero-order chi connectivity index (χ0) is 16.1. The van der Waals surface area contributed by atoms with Crippen molar-refractivity contribution in [2.24, 2.45) is 5.84 Å². The fraction of sp³-hybridized carbons (Fsp3) is 0.167. The number of rotatable bonds is 6. The molecule has 0 aliphatic carbocycles. The summed E-state index contributed by atoms with van der Waals surface area (Å²) in [6.45, 7) is 1.93. The van der Waals surface area contributed by atoms with Gasteiger partial charge in [-0.3, -0.25) is 10.2 Å². The second kappa shape index (κ2) is 7.09. The average Bonchev–Trinajstić information content (AvgIpc) is 3.01. The lowest BCUT2D eigenvalue weighted by Gasteiger charge is -2.08. The fourth-order valence-corrected chi connectivity index (χ4v) is 2.53. The highest BCUT2D eigenvalue weighted by Crippen LogP contribution is 2.18. The molecule has 0 saturated carbocycles. The topological polar surface area (TPSA) is 69.3 Å². The third-order valence-electron chi connectivity index (χ3n) is 3.76. The Morgan fingerprint density at radius 1 is 1.13 bits per heavy atom. The summed E-state index contributed by atoms with van der Waals surface area (Å²) in [4.78, 5) is 11.6. The van der Waals surface area contributed by atoms with Crippen LogP contribution in [0.1, 0.15) is 15.9 Å². The summed E-state index contributed by atoms with van der Waals surface area (Å²) in [5.74, 6) is 4.90. The van der Waals surface area contributed by atoms with Crippen molar-refractivity contribution in [3.8, 4) is 0 Å². The van der Waals surface area contributed by atoms with Crippen molar-refractivity contribution < 1.29 is 9.53 Å². The normalized spacial score (nSPS) is 10.8. The number of ether oxygens (including phenoxy) is 1. The molecule has 1 amide bonds. The molecule has 1 aromatic heterocycles. The molecule has 5 nitrogen and oxygen atoms in total. The molecule has 23 heavy (non-hydrogen) atoms. The number of hydrazine groups is 1. The molecule has 3 N–H and O–H groups in total. The molecule has 5 heteroatoms. The lowest BCUT2D eigenvalue weighted by Crippen LogP contribution is -2.29. The van der Waals surface area contributed by atoms with Crippen LogP contribution in [0.2, 0.25) is 0 Å². The Morgan fingerprint density at radius 2 is 1.96 bits per heavy atom. The van der Waals surface area contributed by atoms with Crippen molar-refractivity contribution >= 4 is 16.8 Å². The van der Waals surface area contributed by atoms with Gasteiger partial charge in [0, 0.05) is 23.8 Å². The van der Waals surface area contributed by atoms with Crippen LogP contribution in [-0.2, 0) is 17.9 Å². The molecule has 0 bridgehead atoms. The summed E-state index contributed by atoms with van der Waals surface area (Å²) < 4.78 is 7.80. The number of nitrogens with two attached hydrogens (primary N) is 1. The van der Waals surface area contributed by atoms with E-state index in [-0.39, 0.29) is 5.91 Å². The van der Waals surface area contributed by atoms with Crippen LogP contribution < -0.4 is 11.3 Å². The standard InChI is InChI=1S/C18H19N3O2/c19-20-18(22)16-7-6-15-8-9-21(17(15)12-16)10-11-23-13-14-4-2-1-3-5-14/h1-9,12H,10-11,13,19H2,(H,20,22). The molecule has 0 fully saturated rings. The van der Waals surface area contributed by atoms with Crippen molar-refractivity contribution in [3.63, 3.8) is 0 Å². The van der Waals surface area contributed by atoms with Crippen LogP contribution in [0.5, 0.6) is 0 Å². The molecule has 118 valence electrons. The van der Waals surface area contributed by atoms with Crippen LogP contribution in [0.15, 0.2) is 60.8 Å². The number of benzene rings is 2. The Labute approximate surface area is 134 Å². The van der Waals surface area contributed by atoms with Gasteiger partial charge in [-0.25, -0.2) is 5.84 Å². The third kappa shape index (κ3) is 3.59. The van der Waals surface area contributed by atoms with Gasteiger partial charge in [0.2, 0.25) is 0 Å². The molecular formula is C18H19N3O2. The van der Waals surface area contributed by atoms with Crippen molar-refractivity contribution in [2.75, 3.05) is 6.61 Å². The highest BCUT2D eigenvalue weighted by Gasteiger charge is 2.07. The predicted octanol–water partition coefficient (Wildman–Crippen LogP) is 2.46. The van der Waals surface area contributed by atoms with Crippen LogP contribution in [0, 0.1) is 0 Å². The van der Waals surface area contributed by atoms with Crippen LogP contribution in [0.3, 0.4) is 0 Å². The van der Waals surface area contributed by atoms with Crippen molar-refractivity contribution in [3.05, 3.63) is 71.9 Å². The summed E-state index contributed by atoms with van der Waals surface area (Å²) in [5, 5.41) is 1.08. The lowest BCUT2D eigenvalue weighted by molar-refractivity contribution is 0.0954. The second-order valence-corrected chi connectivity index (χ2v) is 5.29. The zero-order valence-corrected chi connectivity index (χ0v) is 12.7. The number of nitrogens with one attached hydrogen (secondary N) is 1. The molecule has 0 aliphatic heterocycles. The SMILES string of the molecule is NNC(=O)c1ccc2ccn(CCOCc3ccccc3)c2c1. The first-order valence-corrected chi connectivity index (χ1v) is 7.49. The maximum atomic E-state index is 11.6. The van der Waals surface area contributed by atoms with E-state index in [4.69, 9.17) is 10.6 Å². The van der Waals surface area contributed by atoms with Crippen molar-refractivity contribution in [1.29, 1.82) is 0 Å². The smallest absolute Gasteiger partial charge is 0.265 e. The fourth-order valence-electron chi connectivity index (χ4n) is 2.53. The van der Waals surface area contributed by atoms with E-state index in [0.717, 1.165) is 23.0 Å². The van der Waals surface area contributed by atoms with Gasteiger partial charge in [0.25, 0.3) is 5.91 Å². The first-order chi connectivity index (χ1) is 11.3. The van der Waals surface area contributed by atoms with Gasteiger partial charge < -0.3 is 9.30 Å². The van der Waals surface area contributed by atoms with Gasteiger partial charge in [-0.15, -0.1) is 0 Å². The van der Waals surface area contributed by atoms with E-state index < -0.39 is 0 Å². The Hall–Kier alpha value is -2.63. The summed E-state index contributed by atoms with van der Waals surface area (Å²) >= 11 is 0. The van der Waals surface area contributed by atoms with Crippen LogP contribution in [0.25, 0.3) is 10.9 Å². The van der Waals surface area contributed by atoms with Gasteiger partial charge in [-0.05, 0) is 29.1 Å². The summed E-state index contributed by atoms with van der Waals surface area (Å²) in [6, 6.07) is 17.6. The molecular weight excluding hydrogens is 290 g/mol. The van der Waals surface area contributed by atoms with Crippen molar-refractivity contribution in [2.45, 2.75) is 13.2 Å². The molecule has 0 saturated heterocycles. The number of amides is 1. The van der Waals surface area contributed by atoms with E-state index in [0.29, 0.717) is 18.8 Å². The Kier molecular flexibility index (Phi) is 4.71. The molecule has 0 spiro atoms. The highest BCUT2D eigenvalue weighted by atomic mass is 16.5. The summed E-state index contributed by atoms with van der Waals surface area (Å²) in [5.41, 5.74) is 4.86. The van der Waals surface area contributed by atoms with Gasteiger partial charge >= 0.3 is 0 Å². The number of hydrogen-bond acceptors (Lipinski definition) is 3. The largest absolute Gasteiger partial charge is 0.375 e. The molecule has 0 unspecified atom stereocenters. The maximum absolute atomic E-state index is 11.6. The number of fused-ring (bicyclic) bond motifs is 1. The number of nitrogen functional groups attached to an aromatic ring is 1. The van der Waals surface area contributed by atoms with E-state index in [1.165, 1.54) is 0 Å². The molecule has 0 aliphatic rings. The number of carbonyl (C=O) groups is 1. The summed E-state index contributed by atoms with van der Waals surface area (Å²) in [6.07, 6.45) is 2.00. The van der Waals surface area contributed by atoms with Gasteiger partial charge in [-0.2, -0.15) is 0 Å². The quantitative estimate of drug-likeness (QED) is 0.318. The van der Waals surface area contributed by atoms with Crippen LogP contribution in [-0.4, -0.2) is 17.1 Å². The minimum absolute atomic E-state index is 0.292. The number of nitrogens with zero attached hydrogens (tertiary/aromatic N) is 1. The molecule has 3 rings (SSSR count). The molecule has 0 radical (unpaired) electrons. The minimum atomic E-state index is -0.292. The predicted molar refractivity (Wildman–Crippen MR) is 89.7 cm³/mol. The second-order valence-electron chi connectivity index (χ2n) is 5.29. The van der Waals surface area contributed by atoms with Crippen LogP contribution in [0.4, 0.5) is 0 Å². The molecule has 2 aromatic carbocycles. The monoisotopic (exact) mass is 309 g/mol. The Balaban J connectivity index is 1.64. The van der Waals surface area contributed by atoms with Gasteiger partial charge in [-0.1, -0.05) is 36.4 Å². The van der Waals surface area contributed by atoms with Gasteiger partial charge in [0.1, 0.15) is 0 Å². The van der Waals surface area contributed by atoms with E-state index >= 15 is 0 Å². The van der Waals surface area contributed by atoms with Crippen molar-refractivity contribution in [1.82, 2.24) is 9.99 Å². The molecule has 3 aromatic rings. The van der Waals surface area contributed by atoms with Gasteiger partial charge in [0.15, 0.2) is 0 Å². The van der Waals surface area contributed by atoms with E-state index in [2.05, 4.69) is 9.99 Å². The van der Waals surface area contributed by atoms with Gasteiger partial charge in [0.05, 0.1) is 13.2 Å². The average molecular weight is 309 g/mol. The first-order valence-electron chi connectivity index (χ1n) is 7.49. The van der Waals surface area contributed by atoms with Crippen LogP contribution >= 0.6 is 0 Å². The van der Waals surface area contributed by atoms with E-state index in [1.54, 1.807) is 6.07 Å². The van der Waals surface area contributed by atoms with E-state index in [1.807, 2.05) is 54.7 Å². The van der Waals surface area contributed by atoms with E-state index in [9.17, 15) is 4.79 Å². The lowest BCUT2D eigenvalue weighted by atomic mass is 10.1.